The Balaban J connectivity index is 1.47. The molecule has 130 valence electrons. The lowest BCUT2D eigenvalue weighted by molar-refractivity contribution is 0.0628. The van der Waals surface area contributed by atoms with Crippen molar-refractivity contribution in [1.82, 2.24) is 19.4 Å². The minimum atomic E-state index is 0.129. The van der Waals surface area contributed by atoms with Crippen LogP contribution in [-0.2, 0) is 13.1 Å². The zero-order chi connectivity index (χ0) is 17.2. The molecule has 0 saturated carbocycles. The van der Waals surface area contributed by atoms with Crippen molar-refractivity contribution in [3.63, 3.8) is 0 Å². The highest BCUT2D eigenvalue weighted by atomic mass is 16.3. The predicted octanol–water partition coefficient (Wildman–Crippen LogP) is 2.61. The molecule has 0 bridgehead atoms. The van der Waals surface area contributed by atoms with E-state index in [0.717, 1.165) is 61.4 Å². The predicted molar refractivity (Wildman–Crippen MR) is 95.3 cm³/mol. The molecule has 3 heterocycles. The third-order valence-electron chi connectivity index (χ3n) is 4.89. The molecule has 0 radical (unpaired) electrons. The van der Waals surface area contributed by atoms with Crippen LogP contribution in [0.15, 0.2) is 47.5 Å². The van der Waals surface area contributed by atoms with Crippen molar-refractivity contribution in [3.05, 3.63) is 54.4 Å². The number of oxazole rings is 1. The van der Waals surface area contributed by atoms with Gasteiger partial charge in [0, 0.05) is 56.4 Å². The number of para-hydroxylation sites is 1. The van der Waals surface area contributed by atoms with Gasteiger partial charge in [-0.2, -0.15) is 0 Å². The van der Waals surface area contributed by atoms with Crippen molar-refractivity contribution in [1.29, 1.82) is 0 Å². The third-order valence-corrected chi connectivity index (χ3v) is 4.89. The molecule has 3 aromatic rings. The highest BCUT2D eigenvalue weighted by Gasteiger charge is 2.25. The van der Waals surface area contributed by atoms with Gasteiger partial charge in [-0.3, -0.25) is 9.69 Å². The molecular formula is C19H22N4O2. The first-order valence-corrected chi connectivity index (χ1v) is 8.73. The fourth-order valence-electron chi connectivity index (χ4n) is 3.50. The van der Waals surface area contributed by atoms with Gasteiger partial charge in [0.05, 0.1) is 11.3 Å². The first-order valence-electron chi connectivity index (χ1n) is 8.73. The highest BCUT2D eigenvalue weighted by molar-refractivity contribution is 6.07. The summed E-state index contributed by atoms with van der Waals surface area (Å²) in [6, 6.07) is 8.13. The maximum absolute atomic E-state index is 13.0. The molecule has 6 nitrogen and oxygen atoms in total. The lowest BCUT2D eigenvalue weighted by atomic mass is 10.1. The number of hydrogen-bond acceptors (Lipinski definition) is 4. The quantitative estimate of drug-likeness (QED) is 0.734. The largest absolute Gasteiger partial charge is 0.451 e. The van der Waals surface area contributed by atoms with Gasteiger partial charge in [-0.15, -0.1) is 0 Å². The van der Waals surface area contributed by atoms with Crippen LogP contribution in [0.5, 0.6) is 0 Å². The molecule has 25 heavy (non-hydrogen) atoms. The van der Waals surface area contributed by atoms with Crippen LogP contribution in [0.4, 0.5) is 0 Å². The van der Waals surface area contributed by atoms with E-state index in [1.54, 1.807) is 6.26 Å². The third kappa shape index (κ3) is 3.05. The maximum Gasteiger partial charge on any atom is 0.256 e. The number of piperazine rings is 1. The summed E-state index contributed by atoms with van der Waals surface area (Å²) in [4.78, 5) is 21.5. The molecule has 6 heteroatoms. The Morgan fingerprint density at radius 3 is 2.72 bits per heavy atom. The number of aryl methyl sites for hydroxylation is 1. The minimum Gasteiger partial charge on any atom is -0.451 e. The number of hydrogen-bond donors (Lipinski definition) is 0. The van der Waals surface area contributed by atoms with Crippen LogP contribution in [-0.4, -0.2) is 51.4 Å². The Hall–Kier alpha value is -2.60. The van der Waals surface area contributed by atoms with Crippen molar-refractivity contribution >= 4 is 16.8 Å². The second-order valence-electron chi connectivity index (χ2n) is 6.39. The fourth-order valence-corrected chi connectivity index (χ4v) is 3.50. The Labute approximate surface area is 146 Å². The van der Waals surface area contributed by atoms with Crippen LogP contribution in [0.3, 0.4) is 0 Å². The van der Waals surface area contributed by atoms with Gasteiger partial charge in [0.25, 0.3) is 5.91 Å². The van der Waals surface area contributed by atoms with Crippen LogP contribution in [0.2, 0.25) is 0 Å². The number of aromatic nitrogens is 2. The van der Waals surface area contributed by atoms with Crippen LogP contribution in [0.1, 0.15) is 23.0 Å². The zero-order valence-electron chi connectivity index (χ0n) is 14.4. The molecule has 1 fully saturated rings. The van der Waals surface area contributed by atoms with E-state index in [1.165, 1.54) is 6.39 Å². The molecular weight excluding hydrogens is 316 g/mol. The molecule has 2 aromatic heterocycles. The van der Waals surface area contributed by atoms with Gasteiger partial charge in [-0.25, -0.2) is 4.98 Å². The first-order chi connectivity index (χ1) is 12.3. The summed E-state index contributed by atoms with van der Waals surface area (Å²) >= 11 is 0. The van der Waals surface area contributed by atoms with E-state index in [1.807, 2.05) is 29.3 Å². The standard InChI is InChI=1S/C19H22N4O2/c1-2-22-12-17(16-5-3-4-6-18(16)22)19(24)23-9-7-21(8-10-23)11-15-13-25-14-20-15/h3-6,12-14H,2,7-11H2,1H3. The lowest BCUT2D eigenvalue weighted by Crippen LogP contribution is -2.48. The van der Waals surface area contributed by atoms with E-state index in [0.29, 0.717) is 0 Å². The summed E-state index contributed by atoms with van der Waals surface area (Å²) in [5, 5.41) is 1.04. The summed E-state index contributed by atoms with van der Waals surface area (Å²) in [6.45, 7) is 6.91. The molecule has 1 amide bonds. The number of carbonyl (C=O) groups is 1. The molecule has 4 rings (SSSR count). The van der Waals surface area contributed by atoms with Crippen molar-refractivity contribution in [2.24, 2.45) is 0 Å². The van der Waals surface area contributed by atoms with Gasteiger partial charge in [-0.05, 0) is 13.0 Å². The lowest BCUT2D eigenvalue weighted by Gasteiger charge is -2.34. The number of fused-ring (bicyclic) bond motifs is 1. The van der Waals surface area contributed by atoms with E-state index < -0.39 is 0 Å². The Morgan fingerprint density at radius 2 is 2.00 bits per heavy atom. The summed E-state index contributed by atoms with van der Waals surface area (Å²) in [6.07, 6.45) is 5.13. The van der Waals surface area contributed by atoms with E-state index in [-0.39, 0.29) is 5.91 Å². The molecule has 1 aliphatic rings. The second-order valence-corrected chi connectivity index (χ2v) is 6.39. The monoisotopic (exact) mass is 338 g/mol. The number of amides is 1. The molecule has 1 saturated heterocycles. The second kappa shape index (κ2) is 6.72. The van der Waals surface area contributed by atoms with Crippen LogP contribution < -0.4 is 0 Å². The van der Waals surface area contributed by atoms with Crippen LogP contribution in [0, 0.1) is 0 Å². The van der Waals surface area contributed by atoms with Crippen molar-refractivity contribution in [3.8, 4) is 0 Å². The van der Waals surface area contributed by atoms with Crippen molar-refractivity contribution in [2.45, 2.75) is 20.0 Å². The number of carbonyl (C=O) groups excluding carboxylic acids is 1. The topological polar surface area (TPSA) is 54.5 Å². The Morgan fingerprint density at radius 1 is 1.20 bits per heavy atom. The SMILES string of the molecule is CCn1cc(C(=O)N2CCN(Cc3cocn3)CC2)c2ccccc21. The van der Waals surface area contributed by atoms with Gasteiger partial charge in [0.2, 0.25) is 0 Å². The molecule has 0 N–H and O–H groups in total. The zero-order valence-corrected chi connectivity index (χ0v) is 14.4. The van der Waals surface area contributed by atoms with Gasteiger partial charge >= 0.3 is 0 Å². The highest BCUT2D eigenvalue weighted by Crippen LogP contribution is 2.23. The van der Waals surface area contributed by atoms with E-state index in [4.69, 9.17) is 4.42 Å². The van der Waals surface area contributed by atoms with Crippen LogP contribution >= 0.6 is 0 Å². The van der Waals surface area contributed by atoms with Crippen LogP contribution in [0.25, 0.3) is 10.9 Å². The van der Waals surface area contributed by atoms with Gasteiger partial charge in [0.15, 0.2) is 6.39 Å². The smallest absolute Gasteiger partial charge is 0.256 e. The van der Waals surface area contributed by atoms with E-state index in [2.05, 4.69) is 27.4 Å². The van der Waals surface area contributed by atoms with E-state index >= 15 is 0 Å². The number of benzene rings is 1. The molecule has 1 aromatic carbocycles. The van der Waals surface area contributed by atoms with E-state index in [9.17, 15) is 4.79 Å². The Bertz CT molecular complexity index is 861. The number of nitrogens with zero attached hydrogens (tertiary/aromatic N) is 4. The molecule has 0 spiro atoms. The fraction of sp³-hybridized carbons (Fsp3) is 0.368. The normalized spacial score (nSPS) is 15.8. The molecule has 0 atom stereocenters. The Kier molecular flexibility index (Phi) is 4.28. The van der Waals surface area contributed by atoms with Gasteiger partial charge in [-0.1, -0.05) is 18.2 Å². The average Bonchev–Trinajstić information content (AvgIpc) is 3.29. The summed E-state index contributed by atoms with van der Waals surface area (Å²) in [7, 11) is 0. The van der Waals surface area contributed by atoms with Crippen molar-refractivity contribution in [2.75, 3.05) is 26.2 Å². The molecule has 1 aliphatic heterocycles. The summed E-state index contributed by atoms with van der Waals surface area (Å²) in [5.74, 6) is 0.129. The number of rotatable bonds is 4. The minimum absolute atomic E-state index is 0.129. The average molecular weight is 338 g/mol. The van der Waals surface area contributed by atoms with Gasteiger partial charge < -0.3 is 13.9 Å². The molecule has 0 unspecified atom stereocenters. The summed E-state index contributed by atoms with van der Waals surface area (Å²) in [5.41, 5.74) is 2.87. The van der Waals surface area contributed by atoms with Gasteiger partial charge in [0.1, 0.15) is 6.26 Å². The molecule has 0 aliphatic carbocycles. The first kappa shape index (κ1) is 15.9. The summed E-state index contributed by atoms with van der Waals surface area (Å²) < 4.78 is 7.16. The maximum atomic E-state index is 13.0. The van der Waals surface area contributed by atoms with Crippen molar-refractivity contribution < 1.29 is 9.21 Å².